The predicted molar refractivity (Wildman–Crippen MR) is 144 cm³/mol. The van der Waals surface area contributed by atoms with Crippen LogP contribution in [0.15, 0.2) is 59.6 Å². The Bertz CT molecular complexity index is 1290. The van der Waals surface area contributed by atoms with Gasteiger partial charge in [0.15, 0.2) is 11.5 Å². The summed E-state index contributed by atoms with van der Waals surface area (Å²) in [5.74, 6) is 0.480. The molecule has 0 unspecified atom stereocenters. The molecule has 3 aromatic rings. The highest BCUT2D eigenvalue weighted by Crippen LogP contribution is 2.38. The number of nitro benzene ring substituents is 1. The van der Waals surface area contributed by atoms with Crippen molar-refractivity contribution in [2.75, 3.05) is 25.7 Å². The predicted octanol–water partition coefficient (Wildman–Crippen LogP) is 5.89. The van der Waals surface area contributed by atoms with Crippen LogP contribution in [0.3, 0.4) is 0 Å². The van der Waals surface area contributed by atoms with E-state index < -0.39 is 4.92 Å². The zero-order chi connectivity index (χ0) is 26.9. The summed E-state index contributed by atoms with van der Waals surface area (Å²) < 4.78 is 16.5. The van der Waals surface area contributed by atoms with E-state index in [0.29, 0.717) is 40.4 Å². The van der Waals surface area contributed by atoms with Crippen LogP contribution in [-0.4, -0.2) is 38.3 Å². The normalized spacial score (nSPS) is 11.7. The molecule has 1 heterocycles. The van der Waals surface area contributed by atoms with E-state index in [1.165, 1.54) is 26.4 Å². The van der Waals surface area contributed by atoms with Crippen LogP contribution in [0.2, 0.25) is 0 Å². The molecular formula is C28H31N3O6. The molecule has 0 spiro atoms. The van der Waals surface area contributed by atoms with E-state index in [-0.39, 0.29) is 24.8 Å². The highest BCUT2D eigenvalue weighted by Gasteiger charge is 2.28. The molecule has 0 aromatic heterocycles. The van der Waals surface area contributed by atoms with Gasteiger partial charge in [-0.2, -0.15) is 0 Å². The fourth-order valence-electron chi connectivity index (χ4n) is 4.16. The maximum Gasteiger partial charge on any atom is 0.270 e. The van der Waals surface area contributed by atoms with Crippen molar-refractivity contribution >= 4 is 29.7 Å². The van der Waals surface area contributed by atoms with E-state index in [2.05, 4.69) is 11.7 Å². The average molecular weight is 506 g/mol. The molecule has 4 rings (SSSR count). The molecular weight excluding hydrogens is 474 g/mol. The SMILES string of the molecule is C=Nc1cc(OCc2cc(COC)cc([N+](=O)[O-])c2)c(OC)cc1C(=O)N1CCc2ccccc21.CC. The van der Waals surface area contributed by atoms with Crippen LogP contribution in [0.1, 0.15) is 40.9 Å². The summed E-state index contributed by atoms with van der Waals surface area (Å²) in [7, 11) is 3.00. The molecule has 1 amide bonds. The van der Waals surface area contributed by atoms with Crippen molar-refractivity contribution in [3.05, 3.63) is 87.0 Å². The van der Waals surface area contributed by atoms with E-state index in [1.807, 2.05) is 38.1 Å². The second-order valence-corrected chi connectivity index (χ2v) is 8.00. The number of fused-ring (bicyclic) bond motifs is 1. The van der Waals surface area contributed by atoms with E-state index in [4.69, 9.17) is 14.2 Å². The zero-order valence-electron chi connectivity index (χ0n) is 21.5. The summed E-state index contributed by atoms with van der Waals surface area (Å²) in [6.45, 7) is 8.47. The number of carbonyl (C=O) groups is 1. The monoisotopic (exact) mass is 505 g/mol. The number of aliphatic imine (C=N–C) groups is 1. The van der Waals surface area contributed by atoms with Crippen molar-refractivity contribution in [2.45, 2.75) is 33.5 Å². The number of non-ortho nitro benzene ring substituents is 1. The summed E-state index contributed by atoms with van der Waals surface area (Å²) in [6.07, 6.45) is 0.783. The fraction of sp³-hybridized carbons (Fsp3) is 0.286. The quantitative estimate of drug-likeness (QED) is 0.204. The molecule has 37 heavy (non-hydrogen) atoms. The van der Waals surface area contributed by atoms with Gasteiger partial charge in [0.2, 0.25) is 0 Å². The van der Waals surface area contributed by atoms with Gasteiger partial charge in [0.05, 0.1) is 29.9 Å². The number of nitrogens with zero attached hydrogens (tertiary/aromatic N) is 3. The van der Waals surface area contributed by atoms with Gasteiger partial charge in [0.1, 0.15) is 6.61 Å². The Kier molecular flexibility index (Phi) is 9.34. The molecule has 1 aliphatic rings. The minimum Gasteiger partial charge on any atom is -0.493 e. The standard InChI is InChI=1S/C26H25N3O6.C2H6/c1-27-22-14-25(35-16-18-10-17(15-33-2)11-20(12-18)29(31)32)24(34-3)13-21(22)26(30)28-9-8-19-6-4-5-7-23(19)28;1-2/h4-7,10-14H,1,8-9,15-16H2,2-3H3;1-2H3. The lowest BCUT2D eigenvalue weighted by molar-refractivity contribution is -0.385. The number of anilines is 1. The van der Waals surface area contributed by atoms with Crippen LogP contribution in [0.25, 0.3) is 0 Å². The van der Waals surface area contributed by atoms with Crippen LogP contribution in [0.5, 0.6) is 11.5 Å². The Balaban J connectivity index is 0.00000186. The molecule has 0 saturated carbocycles. The lowest BCUT2D eigenvalue weighted by atomic mass is 10.1. The largest absolute Gasteiger partial charge is 0.493 e. The summed E-state index contributed by atoms with van der Waals surface area (Å²) >= 11 is 0. The number of benzene rings is 3. The van der Waals surface area contributed by atoms with Gasteiger partial charge in [-0.25, -0.2) is 0 Å². The lowest BCUT2D eigenvalue weighted by Crippen LogP contribution is -2.29. The molecule has 0 fully saturated rings. The van der Waals surface area contributed by atoms with Crippen LogP contribution in [0.4, 0.5) is 17.1 Å². The second-order valence-electron chi connectivity index (χ2n) is 8.00. The Labute approximate surface area is 216 Å². The van der Waals surface area contributed by atoms with Crippen molar-refractivity contribution in [1.82, 2.24) is 0 Å². The van der Waals surface area contributed by atoms with Crippen LogP contribution in [-0.2, 0) is 24.4 Å². The smallest absolute Gasteiger partial charge is 0.270 e. The van der Waals surface area contributed by atoms with E-state index in [9.17, 15) is 14.9 Å². The van der Waals surface area contributed by atoms with Gasteiger partial charge in [0, 0.05) is 37.5 Å². The molecule has 9 heteroatoms. The average Bonchev–Trinajstić information content (AvgIpc) is 3.36. The van der Waals surface area contributed by atoms with Crippen molar-refractivity contribution < 1.29 is 23.9 Å². The van der Waals surface area contributed by atoms with E-state index in [0.717, 1.165) is 17.7 Å². The molecule has 194 valence electrons. The Hall–Kier alpha value is -4.24. The lowest BCUT2D eigenvalue weighted by Gasteiger charge is -2.20. The number of hydrogen-bond donors (Lipinski definition) is 0. The first-order valence-electron chi connectivity index (χ1n) is 11.9. The van der Waals surface area contributed by atoms with Crippen LogP contribution in [0, 0.1) is 10.1 Å². The summed E-state index contributed by atoms with van der Waals surface area (Å²) in [5, 5.41) is 11.3. The van der Waals surface area contributed by atoms with Crippen LogP contribution < -0.4 is 14.4 Å². The van der Waals surface area contributed by atoms with Crippen LogP contribution >= 0.6 is 0 Å². The second kappa shape index (κ2) is 12.6. The summed E-state index contributed by atoms with van der Waals surface area (Å²) in [6, 6.07) is 15.7. The number of methoxy groups -OCH3 is 2. The Morgan fingerprint density at radius 3 is 2.41 bits per heavy atom. The number of hydrogen-bond acceptors (Lipinski definition) is 7. The molecule has 0 aliphatic carbocycles. The molecule has 0 radical (unpaired) electrons. The van der Waals surface area contributed by atoms with Gasteiger partial charge < -0.3 is 19.1 Å². The Morgan fingerprint density at radius 2 is 1.76 bits per heavy atom. The first kappa shape index (κ1) is 27.3. The number of nitro groups is 1. The maximum absolute atomic E-state index is 13.4. The summed E-state index contributed by atoms with van der Waals surface area (Å²) in [4.78, 5) is 30.0. The molecule has 0 saturated heterocycles. The summed E-state index contributed by atoms with van der Waals surface area (Å²) in [5.41, 5.74) is 3.90. The van der Waals surface area contributed by atoms with E-state index in [1.54, 1.807) is 23.1 Å². The number of ether oxygens (including phenoxy) is 3. The van der Waals surface area contributed by atoms with Crippen molar-refractivity contribution in [2.24, 2.45) is 4.99 Å². The third kappa shape index (κ3) is 6.13. The number of carbonyl (C=O) groups excluding carboxylic acids is 1. The van der Waals surface area contributed by atoms with Gasteiger partial charge in [-0.05, 0) is 48.0 Å². The maximum atomic E-state index is 13.4. The molecule has 0 atom stereocenters. The highest BCUT2D eigenvalue weighted by atomic mass is 16.6. The molecule has 1 aliphatic heterocycles. The fourth-order valence-corrected chi connectivity index (χ4v) is 4.16. The van der Waals surface area contributed by atoms with Gasteiger partial charge in [0.25, 0.3) is 11.6 Å². The van der Waals surface area contributed by atoms with Gasteiger partial charge in [-0.15, -0.1) is 0 Å². The molecule has 9 nitrogen and oxygen atoms in total. The first-order valence-corrected chi connectivity index (χ1v) is 11.9. The van der Waals surface area contributed by atoms with Gasteiger partial charge in [-0.1, -0.05) is 32.0 Å². The zero-order valence-corrected chi connectivity index (χ0v) is 21.5. The minimum atomic E-state index is -0.458. The number of para-hydroxylation sites is 1. The third-order valence-corrected chi connectivity index (χ3v) is 5.77. The third-order valence-electron chi connectivity index (χ3n) is 5.77. The molecule has 3 aromatic carbocycles. The first-order chi connectivity index (χ1) is 17.9. The van der Waals surface area contributed by atoms with Crippen molar-refractivity contribution in [3.8, 4) is 11.5 Å². The van der Waals surface area contributed by atoms with E-state index >= 15 is 0 Å². The number of rotatable bonds is 9. The highest BCUT2D eigenvalue weighted by molar-refractivity contribution is 6.10. The topological polar surface area (TPSA) is 103 Å². The van der Waals surface area contributed by atoms with Gasteiger partial charge in [-0.3, -0.25) is 19.9 Å². The Morgan fingerprint density at radius 1 is 1.05 bits per heavy atom. The number of amides is 1. The van der Waals surface area contributed by atoms with Crippen molar-refractivity contribution in [3.63, 3.8) is 0 Å². The minimum absolute atomic E-state index is 0.0398. The van der Waals surface area contributed by atoms with Crippen molar-refractivity contribution in [1.29, 1.82) is 0 Å². The molecule has 0 N–H and O–H groups in total. The van der Waals surface area contributed by atoms with Gasteiger partial charge >= 0.3 is 0 Å². The molecule has 0 bridgehead atoms.